The first kappa shape index (κ1) is 14.6. The number of allylic oxidation sites excluding steroid dienone is 1. The molecule has 0 unspecified atom stereocenters. The number of halogens is 6. The Hall–Kier alpha value is -1.46. The number of hydrogen-bond acceptors (Lipinski definition) is 0. The number of benzene rings is 1. The zero-order valence-electron chi connectivity index (χ0n) is 9.15. The molecule has 0 saturated heterocycles. The van der Waals surface area contributed by atoms with Crippen molar-refractivity contribution < 1.29 is 26.3 Å². The van der Waals surface area contributed by atoms with Crippen LogP contribution in [0.15, 0.2) is 36.9 Å². The van der Waals surface area contributed by atoms with Gasteiger partial charge in [0.25, 0.3) is 0 Å². The van der Waals surface area contributed by atoms with E-state index in [0.717, 1.165) is 0 Å². The van der Waals surface area contributed by atoms with Crippen molar-refractivity contribution in [3.8, 4) is 0 Å². The van der Waals surface area contributed by atoms with Crippen LogP contribution in [-0.4, -0.2) is 18.3 Å². The predicted molar refractivity (Wildman–Crippen MR) is 56.0 cm³/mol. The average Bonchev–Trinajstić information content (AvgIpc) is 2.29. The van der Waals surface area contributed by atoms with E-state index in [4.69, 9.17) is 0 Å². The predicted octanol–water partition coefficient (Wildman–Crippen LogP) is 4.63. The fourth-order valence-electron chi connectivity index (χ4n) is 1.32. The van der Waals surface area contributed by atoms with Crippen LogP contribution in [0, 0.1) is 0 Å². The van der Waals surface area contributed by atoms with Crippen molar-refractivity contribution in [1.82, 2.24) is 0 Å². The van der Waals surface area contributed by atoms with Gasteiger partial charge in [-0.05, 0) is 11.1 Å². The molecule has 0 nitrogen and oxygen atoms in total. The molecular weight excluding hydrogens is 258 g/mol. The molecule has 100 valence electrons. The van der Waals surface area contributed by atoms with E-state index >= 15 is 0 Å². The largest absolute Gasteiger partial charge is 0.369 e. The number of rotatable bonds is 5. The minimum atomic E-state index is -5.37. The second kappa shape index (κ2) is 5.04. The van der Waals surface area contributed by atoms with Gasteiger partial charge in [-0.2, -0.15) is 17.6 Å². The maximum absolute atomic E-state index is 13.1. The molecule has 0 atom stereocenters. The summed E-state index contributed by atoms with van der Waals surface area (Å²) in [5.41, 5.74) is -0.108. The fourth-order valence-corrected chi connectivity index (χ4v) is 1.32. The summed E-state index contributed by atoms with van der Waals surface area (Å²) >= 11 is 0. The third-order valence-electron chi connectivity index (χ3n) is 2.38. The molecule has 0 heterocycles. The number of hydrogen-bond donors (Lipinski definition) is 0. The Morgan fingerprint density at radius 1 is 1.06 bits per heavy atom. The van der Waals surface area contributed by atoms with Gasteiger partial charge >= 0.3 is 18.3 Å². The molecule has 1 aromatic carbocycles. The molecule has 0 N–H and O–H groups in total. The van der Waals surface area contributed by atoms with Gasteiger partial charge in [0.05, 0.1) is 0 Å². The van der Waals surface area contributed by atoms with Gasteiger partial charge in [-0.3, -0.25) is 0 Å². The lowest BCUT2D eigenvalue weighted by atomic mass is 9.98. The SMILES string of the molecule is C=C(CC(F)(F)C(F)(F)C(F)F)c1ccccc1. The van der Waals surface area contributed by atoms with Crippen LogP contribution in [0.4, 0.5) is 26.3 Å². The van der Waals surface area contributed by atoms with Gasteiger partial charge in [0.15, 0.2) is 0 Å². The van der Waals surface area contributed by atoms with Crippen molar-refractivity contribution in [3.05, 3.63) is 42.5 Å². The molecule has 6 heteroatoms. The van der Waals surface area contributed by atoms with Crippen molar-refractivity contribution in [1.29, 1.82) is 0 Å². The zero-order valence-corrected chi connectivity index (χ0v) is 9.15. The Morgan fingerprint density at radius 2 is 1.56 bits per heavy atom. The van der Waals surface area contributed by atoms with E-state index in [1.165, 1.54) is 24.3 Å². The minimum Gasteiger partial charge on any atom is -0.203 e. The van der Waals surface area contributed by atoms with Crippen LogP contribution in [0.3, 0.4) is 0 Å². The van der Waals surface area contributed by atoms with E-state index in [0.29, 0.717) is 0 Å². The summed E-state index contributed by atoms with van der Waals surface area (Å²) in [5, 5.41) is 0. The van der Waals surface area contributed by atoms with Crippen molar-refractivity contribution in [3.63, 3.8) is 0 Å². The Bertz CT molecular complexity index is 410. The molecule has 0 saturated carbocycles. The lowest BCUT2D eigenvalue weighted by molar-refractivity contribution is -0.260. The first-order valence-corrected chi connectivity index (χ1v) is 4.95. The van der Waals surface area contributed by atoms with E-state index in [-0.39, 0.29) is 11.1 Å². The standard InChI is InChI=1S/C12H10F6/c1-8(9-5-3-2-4-6-9)7-11(15,16)12(17,18)10(13)14/h2-6,10H,1,7H2. The quantitative estimate of drug-likeness (QED) is 0.683. The Balaban J connectivity index is 2.87. The van der Waals surface area contributed by atoms with Gasteiger partial charge < -0.3 is 0 Å². The van der Waals surface area contributed by atoms with Crippen LogP contribution in [0.2, 0.25) is 0 Å². The monoisotopic (exact) mass is 268 g/mol. The summed E-state index contributed by atoms with van der Waals surface area (Å²) in [4.78, 5) is 0. The molecule has 1 rings (SSSR count). The summed E-state index contributed by atoms with van der Waals surface area (Å²) in [6.07, 6.45) is -5.94. The smallest absolute Gasteiger partial charge is 0.203 e. The van der Waals surface area contributed by atoms with Crippen molar-refractivity contribution in [2.75, 3.05) is 0 Å². The molecule has 0 radical (unpaired) electrons. The van der Waals surface area contributed by atoms with Gasteiger partial charge in [0, 0.05) is 6.42 Å². The maximum atomic E-state index is 13.1. The third kappa shape index (κ3) is 2.86. The summed E-state index contributed by atoms with van der Waals surface area (Å²) in [7, 11) is 0. The van der Waals surface area contributed by atoms with E-state index in [1.807, 2.05) is 0 Å². The van der Waals surface area contributed by atoms with Crippen LogP contribution in [0.5, 0.6) is 0 Å². The molecule has 18 heavy (non-hydrogen) atoms. The van der Waals surface area contributed by atoms with Crippen molar-refractivity contribution in [2.45, 2.75) is 24.7 Å². The summed E-state index contributed by atoms with van der Waals surface area (Å²) in [6, 6.07) is 7.38. The zero-order chi connectivity index (χ0) is 14.0. The van der Waals surface area contributed by atoms with E-state index in [1.54, 1.807) is 6.07 Å². The van der Waals surface area contributed by atoms with E-state index < -0.39 is 24.7 Å². The van der Waals surface area contributed by atoms with Crippen LogP contribution < -0.4 is 0 Å². The topological polar surface area (TPSA) is 0 Å². The molecule has 0 aliphatic heterocycles. The first-order chi connectivity index (χ1) is 8.18. The number of alkyl halides is 6. The highest BCUT2D eigenvalue weighted by atomic mass is 19.3. The van der Waals surface area contributed by atoms with Crippen LogP contribution in [0.1, 0.15) is 12.0 Å². The van der Waals surface area contributed by atoms with Crippen LogP contribution in [-0.2, 0) is 0 Å². The van der Waals surface area contributed by atoms with Gasteiger partial charge in [-0.25, -0.2) is 8.78 Å². The molecular formula is C12H10F6. The molecule has 0 spiro atoms. The summed E-state index contributed by atoms with van der Waals surface area (Å²) in [6.45, 7) is 3.22. The third-order valence-corrected chi connectivity index (χ3v) is 2.38. The summed E-state index contributed by atoms with van der Waals surface area (Å²) < 4.78 is 75.3. The van der Waals surface area contributed by atoms with Gasteiger partial charge in [-0.15, -0.1) is 0 Å². The average molecular weight is 268 g/mol. The summed E-state index contributed by atoms with van der Waals surface area (Å²) in [5.74, 6) is -10.2. The van der Waals surface area contributed by atoms with Crippen molar-refractivity contribution >= 4 is 5.57 Å². The molecule has 0 aliphatic rings. The van der Waals surface area contributed by atoms with E-state index in [9.17, 15) is 26.3 Å². The normalized spacial score (nSPS) is 12.8. The highest BCUT2D eigenvalue weighted by Gasteiger charge is 2.62. The van der Waals surface area contributed by atoms with E-state index in [2.05, 4.69) is 6.58 Å². The molecule has 0 aromatic heterocycles. The lowest BCUT2D eigenvalue weighted by Gasteiger charge is -2.26. The highest BCUT2D eigenvalue weighted by Crippen LogP contribution is 2.44. The second-order valence-electron chi connectivity index (χ2n) is 3.77. The van der Waals surface area contributed by atoms with Crippen LogP contribution in [0.25, 0.3) is 5.57 Å². The molecule has 1 aromatic rings. The molecule has 0 bridgehead atoms. The molecule has 0 amide bonds. The van der Waals surface area contributed by atoms with Crippen molar-refractivity contribution in [2.24, 2.45) is 0 Å². The van der Waals surface area contributed by atoms with Gasteiger partial charge in [0.2, 0.25) is 0 Å². The van der Waals surface area contributed by atoms with Gasteiger partial charge in [0.1, 0.15) is 0 Å². The first-order valence-electron chi connectivity index (χ1n) is 4.95. The lowest BCUT2D eigenvalue weighted by Crippen LogP contribution is -2.46. The Morgan fingerprint density at radius 3 is 2.00 bits per heavy atom. The highest BCUT2D eigenvalue weighted by molar-refractivity contribution is 5.63. The molecule has 0 aliphatic carbocycles. The maximum Gasteiger partial charge on any atom is 0.369 e. The second-order valence-corrected chi connectivity index (χ2v) is 3.77. The Labute approximate surface area is 99.9 Å². The Kier molecular flexibility index (Phi) is 4.09. The molecule has 0 fully saturated rings. The van der Waals surface area contributed by atoms with Crippen LogP contribution >= 0.6 is 0 Å². The minimum absolute atomic E-state index is 0.210. The fraction of sp³-hybridized carbons (Fsp3) is 0.333. The van der Waals surface area contributed by atoms with Gasteiger partial charge in [-0.1, -0.05) is 36.9 Å².